The van der Waals surface area contributed by atoms with E-state index >= 15 is 0 Å². The van der Waals surface area contributed by atoms with Crippen LogP contribution in [-0.4, -0.2) is 25.0 Å². The minimum absolute atomic E-state index is 0.0151. The first-order chi connectivity index (χ1) is 12.2. The highest BCUT2D eigenvalue weighted by atomic mass is 16.5. The van der Waals surface area contributed by atoms with Crippen LogP contribution in [0.2, 0.25) is 0 Å². The third kappa shape index (κ3) is 4.27. The molecule has 0 heterocycles. The Kier molecular flexibility index (Phi) is 5.14. The monoisotopic (exact) mass is 331 g/mol. The summed E-state index contributed by atoms with van der Waals surface area (Å²) in [6.07, 6.45) is 3.45. The van der Waals surface area contributed by atoms with E-state index in [1.807, 2.05) is 67.7 Å². The van der Waals surface area contributed by atoms with Crippen LogP contribution in [0.1, 0.15) is 11.1 Å². The molecule has 0 aromatic heterocycles. The normalized spacial score (nSPS) is 11.0. The summed E-state index contributed by atoms with van der Waals surface area (Å²) in [6.45, 7) is 0.569. The maximum absolute atomic E-state index is 12.3. The molecule has 0 unspecified atom stereocenters. The maximum Gasteiger partial charge on any atom is 0.246 e. The van der Waals surface area contributed by atoms with E-state index in [-0.39, 0.29) is 5.91 Å². The highest BCUT2D eigenvalue weighted by molar-refractivity contribution is 5.91. The molecule has 3 aromatic rings. The van der Waals surface area contributed by atoms with Crippen molar-refractivity contribution in [3.63, 3.8) is 0 Å². The standard InChI is InChI=1S/C22H21NO2/c1-23(22(24)13-9-17-6-4-3-5-7-17)16-18-8-10-20-15-21(25-2)12-11-19(20)14-18/h3-15H,16H2,1-2H3/b13-9+. The van der Waals surface area contributed by atoms with Gasteiger partial charge >= 0.3 is 0 Å². The average molecular weight is 331 g/mol. The molecule has 1 amide bonds. The lowest BCUT2D eigenvalue weighted by Gasteiger charge is -2.15. The molecule has 0 saturated heterocycles. The summed E-state index contributed by atoms with van der Waals surface area (Å²) in [5.41, 5.74) is 2.12. The third-order valence-electron chi connectivity index (χ3n) is 4.13. The molecule has 3 heteroatoms. The Morgan fingerprint density at radius 1 is 1.00 bits per heavy atom. The third-order valence-corrected chi connectivity index (χ3v) is 4.13. The Morgan fingerprint density at radius 2 is 1.72 bits per heavy atom. The molecule has 0 spiro atoms. The molecule has 0 radical (unpaired) electrons. The minimum atomic E-state index is -0.0151. The quantitative estimate of drug-likeness (QED) is 0.643. The Hall–Kier alpha value is -3.07. The van der Waals surface area contributed by atoms with Crippen LogP contribution < -0.4 is 4.74 Å². The van der Waals surface area contributed by atoms with Crippen molar-refractivity contribution >= 4 is 22.8 Å². The number of hydrogen-bond donors (Lipinski definition) is 0. The molecule has 0 N–H and O–H groups in total. The van der Waals surface area contributed by atoms with Crippen molar-refractivity contribution < 1.29 is 9.53 Å². The van der Waals surface area contributed by atoms with Crippen LogP contribution >= 0.6 is 0 Å². The topological polar surface area (TPSA) is 29.5 Å². The number of benzene rings is 3. The van der Waals surface area contributed by atoms with Crippen molar-refractivity contribution in [3.05, 3.63) is 83.9 Å². The molecule has 3 aromatic carbocycles. The van der Waals surface area contributed by atoms with Crippen molar-refractivity contribution in [1.29, 1.82) is 0 Å². The lowest BCUT2D eigenvalue weighted by atomic mass is 10.1. The molecule has 0 atom stereocenters. The van der Waals surface area contributed by atoms with Crippen LogP contribution in [0.4, 0.5) is 0 Å². The largest absolute Gasteiger partial charge is 0.497 e. The molecule has 0 bridgehead atoms. The van der Waals surface area contributed by atoms with E-state index in [0.29, 0.717) is 6.54 Å². The van der Waals surface area contributed by atoms with Gasteiger partial charge in [-0.15, -0.1) is 0 Å². The molecule has 0 saturated carbocycles. The number of hydrogen-bond acceptors (Lipinski definition) is 2. The lowest BCUT2D eigenvalue weighted by molar-refractivity contribution is -0.125. The average Bonchev–Trinajstić information content (AvgIpc) is 2.66. The molecule has 0 aliphatic carbocycles. The van der Waals surface area contributed by atoms with Gasteiger partial charge in [0, 0.05) is 19.7 Å². The first-order valence-electron chi connectivity index (χ1n) is 8.20. The van der Waals surface area contributed by atoms with Crippen LogP contribution in [-0.2, 0) is 11.3 Å². The van der Waals surface area contributed by atoms with E-state index in [0.717, 1.165) is 27.6 Å². The fourth-order valence-corrected chi connectivity index (χ4v) is 2.71. The van der Waals surface area contributed by atoms with Gasteiger partial charge in [0.1, 0.15) is 5.75 Å². The molecule has 3 rings (SSSR count). The van der Waals surface area contributed by atoms with Gasteiger partial charge in [0.05, 0.1) is 7.11 Å². The maximum atomic E-state index is 12.3. The highest BCUT2D eigenvalue weighted by Gasteiger charge is 2.07. The number of carbonyl (C=O) groups is 1. The molecular weight excluding hydrogens is 310 g/mol. The van der Waals surface area contributed by atoms with Crippen LogP contribution in [0.15, 0.2) is 72.8 Å². The van der Waals surface area contributed by atoms with Gasteiger partial charge in [-0.05, 0) is 46.2 Å². The van der Waals surface area contributed by atoms with E-state index in [4.69, 9.17) is 4.74 Å². The number of amides is 1. The minimum Gasteiger partial charge on any atom is -0.497 e. The van der Waals surface area contributed by atoms with Crippen molar-refractivity contribution in [2.75, 3.05) is 14.2 Å². The van der Waals surface area contributed by atoms with Crippen LogP contribution in [0.25, 0.3) is 16.8 Å². The molecule has 126 valence electrons. The molecule has 0 aliphatic rings. The van der Waals surface area contributed by atoms with E-state index in [1.165, 1.54) is 0 Å². The summed E-state index contributed by atoms with van der Waals surface area (Å²) in [5.74, 6) is 0.831. The first-order valence-corrected chi connectivity index (χ1v) is 8.20. The van der Waals surface area contributed by atoms with E-state index in [2.05, 4.69) is 12.1 Å². The number of fused-ring (bicyclic) bond motifs is 1. The fourth-order valence-electron chi connectivity index (χ4n) is 2.71. The molecule has 3 nitrogen and oxygen atoms in total. The van der Waals surface area contributed by atoms with Crippen molar-refractivity contribution in [3.8, 4) is 5.75 Å². The second-order valence-electron chi connectivity index (χ2n) is 5.99. The zero-order valence-corrected chi connectivity index (χ0v) is 14.5. The number of rotatable bonds is 5. The molecule has 25 heavy (non-hydrogen) atoms. The predicted molar refractivity (Wildman–Crippen MR) is 102 cm³/mol. The van der Waals surface area contributed by atoms with Gasteiger partial charge in [-0.1, -0.05) is 48.5 Å². The second-order valence-corrected chi connectivity index (χ2v) is 5.99. The first kappa shape index (κ1) is 16.8. The van der Waals surface area contributed by atoms with Crippen molar-refractivity contribution in [1.82, 2.24) is 4.90 Å². The van der Waals surface area contributed by atoms with E-state index in [9.17, 15) is 4.79 Å². The van der Waals surface area contributed by atoms with Crippen molar-refractivity contribution in [2.24, 2.45) is 0 Å². The summed E-state index contributed by atoms with van der Waals surface area (Å²) in [6, 6.07) is 22.0. The van der Waals surface area contributed by atoms with Crippen molar-refractivity contribution in [2.45, 2.75) is 6.54 Å². The lowest BCUT2D eigenvalue weighted by Crippen LogP contribution is -2.24. The van der Waals surface area contributed by atoms with E-state index in [1.54, 1.807) is 18.1 Å². The van der Waals surface area contributed by atoms with Gasteiger partial charge in [0.15, 0.2) is 0 Å². The van der Waals surface area contributed by atoms with Gasteiger partial charge in [-0.25, -0.2) is 0 Å². The Labute approximate surface area is 148 Å². The smallest absolute Gasteiger partial charge is 0.246 e. The number of likely N-dealkylation sites (N-methyl/N-ethyl adjacent to an activating group) is 1. The summed E-state index contributed by atoms with van der Waals surface area (Å²) in [4.78, 5) is 14.0. The molecular formula is C22H21NO2. The number of methoxy groups -OCH3 is 1. The zero-order valence-electron chi connectivity index (χ0n) is 14.5. The van der Waals surface area contributed by atoms with Gasteiger partial charge < -0.3 is 9.64 Å². The van der Waals surface area contributed by atoms with Crippen LogP contribution in [0, 0.1) is 0 Å². The second kappa shape index (κ2) is 7.67. The van der Waals surface area contributed by atoms with Gasteiger partial charge in [-0.3, -0.25) is 4.79 Å². The van der Waals surface area contributed by atoms with Crippen LogP contribution in [0.3, 0.4) is 0 Å². The Morgan fingerprint density at radius 3 is 2.48 bits per heavy atom. The summed E-state index contributed by atoms with van der Waals surface area (Å²) in [7, 11) is 3.48. The predicted octanol–water partition coefficient (Wildman–Crippen LogP) is 4.52. The van der Waals surface area contributed by atoms with Gasteiger partial charge in [0.25, 0.3) is 0 Å². The Bertz CT molecular complexity index is 900. The fraction of sp³-hybridized carbons (Fsp3) is 0.136. The van der Waals surface area contributed by atoms with Gasteiger partial charge in [0.2, 0.25) is 5.91 Å². The number of carbonyl (C=O) groups excluding carboxylic acids is 1. The number of nitrogens with zero attached hydrogens (tertiary/aromatic N) is 1. The van der Waals surface area contributed by atoms with E-state index < -0.39 is 0 Å². The van der Waals surface area contributed by atoms with Gasteiger partial charge in [-0.2, -0.15) is 0 Å². The SMILES string of the molecule is COc1ccc2cc(CN(C)C(=O)/C=C/c3ccccc3)ccc2c1. The summed E-state index contributed by atoms with van der Waals surface area (Å²) in [5, 5.41) is 2.26. The molecule has 0 aliphatic heterocycles. The zero-order chi connectivity index (χ0) is 17.6. The van der Waals surface area contributed by atoms with Crippen LogP contribution in [0.5, 0.6) is 5.75 Å². The summed E-state index contributed by atoms with van der Waals surface area (Å²) >= 11 is 0. The Balaban J connectivity index is 1.69. The molecule has 0 fully saturated rings. The number of ether oxygens (including phenoxy) is 1. The summed E-state index contributed by atoms with van der Waals surface area (Å²) < 4.78 is 5.25. The highest BCUT2D eigenvalue weighted by Crippen LogP contribution is 2.22.